The number of amides is 2. The van der Waals surface area contributed by atoms with Crippen LogP contribution in [0, 0.1) is 5.92 Å². The van der Waals surface area contributed by atoms with E-state index in [2.05, 4.69) is 15.5 Å². The zero-order chi connectivity index (χ0) is 18.1. The molecule has 0 spiro atoms. The molecule has 1 aliphatic heterocycles. The number of carbonyl (C=O) groups excluding carboxylic acids is 2. The summed E-state index contributed by atoms with van der Waals surface area (Å²) in [6, 6.07) is 9.42. The average Bonchev–Trinajstić information content (AvgIpc) is 2.65. The lowest BCUT2D eigenvalue weighted by Gasteiger charge is -2.31. The number of ether oxygens (including phenoxy) is 1. The van der Waals surface area contributed by atoms with Gasteiger partial charge in [0.15, 0.2) is 0 Å². The van der Waals surface area contributed by atoms with E-state index in [0.717, 1.165) is 44.6 Å². The second-order valence-corrected chi connectivity index (χ2v) is 6.59. The van der Waals surface area contributed by atoms with Crippen LogP contribution in [0.15, 0.2) is 30.3 Å². The van der Waals surface area contributed by atoms with Gasteiger partial charge in [-0.25, -0.2) is 0 Å². The molecule has 1 aliphatic rings. The zero-order valence-corrected chi connectivity index (χ0v) is 15.2. The van der Waals surface area contributed by atoms with Crippen LogP contribution in [-0.2, 0) is 14.3 Å². The number of nitrogens with one attached hydrogen (secondary N) is 2. The first-order valence-corrected chi connectivity index (χ1v) is 8.95. The molecule has 2 N–H and O–H groups in total. The minimum atomic E-state index is -0.575. The van der Waals surface area contributed by atoms with Crippen molar-refractivity contribution in [3.05, 3.63) is 35.9 Å². The number of hydrogen-bond donors (Lipinski definition) is 2. The van der Waals surface area contributed by atoms with Crippen molar-refractivity contribution in [3.63, 3.8) is 0 Å². The Morgan fingerprint density at radius 1 is 1.20 bits per heavy atom. The van der Waals surface area contributed by atoms with Crippen molar-refractivity contribution in [2.75, 3.05) is 39.9 Å². The number of carbonyl (C=O) groups is 2. The Morgan fingerprint density at radius 2 is 1.88 bits per heavy atom. The van der Waals surface area contributed by atoms with E-state index in [1.165, 1.54) is 0 Å². The first kappa shape index (κ1) is 19.4. The lowest BCUT2D eigenvalue weighted by atomic mass is 9.97. The van der Waals surface area contributed by atoms with Gasteiger partial charge in [-0.1, -0.05) is 30.3 Å². The van der Waals surface area contributed by atoms with Crippen LogP contribution < -0.4 is 10.6 Å². The Morgan fingerprint density at radius 3 is 2.52 bits per heavy atom. The molecular weight excluding hydrogens is 318 g/mol. The Hall–Kier alpha value is -1.92. The van der Waals surface area contributed by atoms with Crippen LogP contribution in [0.25, 0.3) is 0 Å². The summed E-state index contributed by atoms with van der Waals surface area (Å²) in [5.74, 6) is -0.694. The molecule has 1 fully saturated rings. The molecule has 0 aliphatic carbocycles. The highest BCUT2D eigenvalue weighted by molar-refractivity contribution is 6.35. The van der Waals surface area contributed by atoms with Gasteiger partial charge in [-0.3, -0.25) is 9.59 Å². The lowest BCUT2D eigenvalue weighted by molar-refractivity contribution is -0.139. The number of piperidine rings is 1. The summed E-state index contributed by atoms with van der Waals surface area (Å²) < 4.78 is 5.10. The third kappa shape index (κ3) is 6.48. The first-order chi connectivity index (χ1) is 12.1. The fourth-order valence-corrected chi connectivity index (χ4v) is 3.04. The number of methoxy groups -OCH3 is 1. The number of benzene rings is 1. The molecule has 6 nitrogen and oxygen atoms in total. The van der Waals surface area contributed by atoms with Crippen LogP contribution >= 0.6 is 0 Å². The maximum atomic E-state index is 12.0. The fourth-order valence-electron chi connectivity index (χ4n) is 3.04. The van der Waals surface area contributed by atoms with Gasteiger partial charge in [0.1, 0.15) is 0 Å². The molecule has 1 atom stereocenters. The zero-order valence-electron chi connectivity index (χ0n) is 15.2. The molecule has 138 valence electrons. The highest BCUT2D eigenvalue weighted by Crippen LogP contribution is 2.16. The molecule has 1 heterocycles. The summed E-state index contributed by atoms with van der Waals surface area (Å²) in [5.41, 5.74) is 0.979. The summed E-state index contributed by atoms with van der Waals surface area (Å²) in [4.78, 5) is 26.4. The molecule has 0 saturated carbocycles. The molecule has 0 unspecified atom stereocenters. The molecular formula is C19H29N3O3. The normalized spacial score (nSPS) is 17.0. The van der Waals surface area contributed by atoms with Gasteiger partial charge in [-0.15, -0.1) is 0 Å². The lowest BCUT2D eigenvalue weighted by Crippen LogP contribution is -2.44. The summed E-state index contributed by atoms with van der Waals surface area (Å²) in [5, 5.41) is 5.51. The maximum Gasteiger partial charge on any atom is 0.309 e. The predicted octanol–water partition coefficient (Wildman–Crippen LogP) is 1.34. The van der Waals surface area contributed by atoms with E-state index in [0.29, 0.717) is 12.5 Å². The minimum absolute atomic E-state index is 0.191. The highest BCUT2D eigenvalue weighted by atomic mass is 16.5. The highest BCUT2D eigenvalue weighted by Gasteiger charge is 2.21. The van der Waals surface area contributed by atoms with Crippen molar-refractivity contribution < 1.29 is 14.3 Å². The van der Waals surface area contributed by atoms with Crippen LogP contribution in [0.2, 0.25) is 0 Å². The minimum Gasteiger partial charge on any atom is -0.383 e. The Bertz CT molecular complexity index is 542. The quantitative estimate of drug-likeness (QED) is 0.730. The van der Waals surface area contributed by atoms with E-state index in [9.17, 15) is 9.59 Å². The van der Waals surface area contributed by atoms with E-state index in [1.54, 1.807) is 7.11 Å². The molecule has 2 amide bonds. The Balaban J connectivity index is 1.67. The van der Waals surface area contributed by atoms with E-state index in [4.69, 9.17) is 4.74 Å². The summed E-state index contributed by atoms with van der Waals surface area (Å²) in [6.45, 7) is 6.17. The third-order valence-corrected chi connectivity index (χ3v) is 4.72. The first-order valence-electron chi connectivity index (χ1n) is 8.95. The van der Waals surface area contributed by atoms with Gasteiger partial charge >= 0.3 is 11.8 Å². The van der Waals surface area contributed by atoms with Crippen molar-refractivity contribution in [2.24, 2.45) is 5.92 Å². The summed E-state index contributed by atoms with van der Waals surface area (Å²) in [6.07, 6.45) is 2.07. The fraction of sp³-hybridized carbons (Fsp3) is 0.579. The Kier molecular flexibility index (Phi) is 7.88. The standard InChI is InChI=1S/C19H29N3O3/c1-15(17-6-4-3-5-7-17)21-19(24)18(23)20-14-16-8-10-22(11-9-16)12-13-25-2/h3-7,15-16H,8-14H2,1-2H3,(H,20,23)(H,21,24)/t15-/m1/s1. The summed E-state index contributed by atoms with van der Waals surface area (Å²) >= 11 is 0. The van der Waals surface area contributed by atoms with Crippen molar-refractivity contribution in [1.29, 1.82) is 0 Å². The average molecular weight is 347 g/mol. The molecule has 2 rings (SSSR count). The molecule has 25 heavy (non-hydrogen) atoms. The van der Waals surface area contributed by atoms with Gasteiger partial charge in [0.2, 0.25) is 0 Å². The Labute approximate surface area is 149 Å². The summed E-state index contributed by atoms with van der Waals surface area (Å²) in [7, 11) is 1.71. The van der Waals surface area contributed by atoms with Crippen LogP contribution in [0.4, 0.5) is 0 Å². The van der Waals surface area contributed by atoms with Crippen molar-refractivity contribution in [3.8, 4) is 0 Å². The van der Waals surface area contributed by atoms with Gasteiger partial charge in [0, 0.05) is 20.2 Å². The topological polar surface area (TPSA) is 70.7 Å². The number of rotatable bonds is 7. The second kappa shape index (κ2) is 10.2. The molecule has 0 aromatic heterocycles. The molecule has 0 bridgehead atoms. The van der Waals surface area contributed by atoms with Gasteiger partial charge in [-0.05, 0) is 44.3 Å². The molecule has 1 aromatic rings. The van der Waals surface area contributed by atoms with Gasteiger partial charge in [0.25, 0.3) is 0 Å². The van der Waals surface area contributed by atoms with Crippen LogP contribution in [0.1, 0.15) is 31.4 Å². The number of nitrogens with zero attached hydrogens (tertiary/aromatic N) is 1. The molecule has 6 heteroatoms. The van der Waals surface area contributed by atoms with Gasteiger partial charge < -0.3 is 20.3 Å². The molecule has 1 aromatic carbocycles. The third-order valence-electron chi connectivity index (χ3n) is 4.72. The van der Waals surface area contributed by atoms with E-state index < -0.39 is 11.8 Å². The number of likely N-dealkylation sites (tertiary alicyclic amines) is 1. The van der Waals surface area contributed by atoms with E-state index in [-0.39, 0.29) is 6.04 Å². The van der Waals surface area contributed by atoms with E-state index >= 15 is 0 Å². The van der Waals surface area contributed by atoms with Crippen LogP contribution in [0.5, 0.6) is 0 Å². The molecule has 0 radical (unpaired) electrons. The predicted molar refractivity (Wildman–Crippen MR) is 97.0 cm³/mol. The van der Waals surface area contributed by atoms with Crippen LogP contribution in [0.3, 0.4) is 0 Å². The van der Waals surface area contributed by atoms with Crippen LogP contribution in [-0.4, -0.2) is 56.6 Å². The van der Waals surface area contributed by atoms with Gasteiger partial charge in [0.05, 0.1) is 12.6 Å². The monoisotopic (exact) mass is 347 g/mol. The SMILES string of the molecule is COCCN1CCC(CNC(=O)C(=O)N[C@H](C)c2ccccc2)CC1. The smallest absolute Gasteiger partial charge is 0.309 e. The van der Waals surface area contributed by atoms with Gasteiger partial charge in [-0.2, -0.15) is 0 Å². The number of hydrogen-bond acceptors (Lipinski definition) is 4. The van der Waals surface area contributed by atoms with Crippen molar-refractivity contribution in [2.45, 2.75) is 25.8 Å². The maximum absolute atomic E-state index is 12.0. The second-order valence-electron chi connectivity index (χ2n) is 6.59. The largest absolute Gasteiger partial charge is 0.383 e. The van der Waals surface area contributed by atoms with Crippen molar-refractivity contribution >= 4 is 11.8 Å². The molecule has 1 saturated heterocycles. The van der Waals surface area contributed by atoms with E-state index in [1.807, 2.05) is 37.3 Å². The van der Waals surface area contributed by atoms with Crippen molar-refractivity contribution in [1.82, 2.24) is 15.5 Å².